The molecule has 0 saturated carbocycles. The van der Waals surface area contributed by atoms with E-state index in [9.17, 15) is 0 Å². The molecule has 1 heteroatoms. The molecule has 0 amide bonds. The van der Waals surface area contributed by atoms with Crippen molar-refractivity contribution in [2.24, 2.45) is 0 Å². The van der Waals surface area contributed by atoms with Gasteiger partial charge in [0.05, 0.1) is 11.1 Å². The van der Waals surface area contributed by atoms with Gasteiger partial charge in [-0.3, -0.25) is 0 Å². The number of nitrogens with zero attached hydrogens (tertiary/aromatic N) is 1. The molecule has 1 nitrogen and oxygen atoms in total. The topological polar surface area (TPSA) is 3.24 Å². The molecular weight excluding hydrogens is 651 g/mol. The lowest BCUT2D eigenvalue weighted by Crippen LogP contribution is -2.28. The van der Waals surface area contributed by atoms with Crippen LogP contribution in [0.3, 0.4) is 0 Å². The van der Waals surface area contributed by atoms with Crippen molar-refractivity contribution in [2.45, 2.75) is 32.1 Å². The summed E-state index contributed by atoms with van der Waals surface area (Å²) in [7, 11) is 0. The Kier molecular flexibility index (Phi) is 7.03. The second-order valence-corrected chi connectivity index (χ2v) is 15.2. The van der Waals surface area contributed by atoms with Crippen LogP contribution in [-0.2, 0) is 10.8 Å². The first-order valence-corrected chi connectivity index (χ1v) is 18.7. The Balaban J connectivity index is 0.00000198. The second-order valence-electron chi connectivity index (χ2n) is 15.2. The van der Waals surface area contributed by atoms with Crippen LogP contribution in [0.1, 0.15) is 56.1 Å². The highest BCUT2D eigenvalue weighted by Crippen LogP contribution is 2.65. The van der Waals surface area contributed by atoms with E-state index in [1.807, 2.05) is 0 Å². The Morgan fingerprint density at radius 1 is 0.370 bits per heavy atom. The zero-order valence-electron chi connectivity index (χ0n) is 29.8. The molecule has 0 N–H and O–H groups in total. The van der Waals surface area contributed by atoms with Crippen LogP contribution in [0.4, 0.5) is 17.1 Å². The Hall–Kier alpha value is -6.44. The fourth-order valence-electron chi connectivity index (χ4n) is 10.0. The molecule has 0 aliphatic heterocycles. The summed E-state index contributed by atoms with van der Waals surface area (Å²) in [5.41, 5.74) is 21.4. The van der Waals surface area contributed by atoms with E-state index in [4.69, 9.17) is 0 Å². The number of hydrogen-bond donors (Lipinski definition) is 0. The predicted octanol–water partition coefficient (Wildman–Crippen LogP) is 14.4. The van der Waals surface area contributed by atoms with E-state index >= 15 is 0 Å². The van der Waals surface area contributed by atoms with Crippen molar-refractivity contribution in [1.29, 1.82) is 0 Å². The van der Waals surface area contributed by atoms with Crippen LogP contribution in [0.25, 0.3) is 44.5 Å². The van der Waals surface area contributed by atoms with Crippen LogP contribution in [0, 0.1) is 0 Å². The van der Waals surface area contributed by atoms with Gasteiger partial charge in [-0.05, 0) is 103 Å². The molecule has 3 aliphatic carbocycles. The second kappa shape index (κ2) is 11.8. The van der Waals surface area contributed by atoms with Crippen molar-refractivity contribution in [1.82, 2.24) is 0 Å². The minimum Gasteiger partial charge on any atom is -0.310 e. The number of rotatable bonds is 4. The molecule has 8 aromatic rings. The molecule has 0 fully saturated rings. The molecule has 0 heterocycles. The molecule has 11 rings (SSSR count). The smallest absolute Gasteiger partial charge is 0.0746 e. The summed E-state index contributed by atoms with van der Waals surface area (Å²) in [6, 6.07) is 70.2. The van der Waals surface area contributed by atoms with Gasteiger partial charge in [-0.2, -0.15) is 0 Å². The SMILES string of the molecule is C.CC1(C)c2ccccc2-c2ccc(N(c3ccc(-c4ccccc4)cc3)c3cccc4c3C3(c5ccccc5-c5ccccc53)c3ccccc3-4)cc21.[HH]. The number of hydrogen-bond acceptors (Lipinski definition) is 1. The van der Waals surface area contributed by atoms with Gasteiger partial charge in [0.25, 0.3) is 0 Å². The van der Waals surface area contributed by atoms with E-state index in [1.165, 1.54) is 83.6 Å². The highest BCUT2D eigenvalue weighted by Gasteiger charge is 2.53. The van der Waals surface area contributed by atoms with Gasteiger partial charge < -0.3 is 4.90 Å². The van der Waals surface area contributed by atoms with E-state index in [-0.39, 0.29) is 14.3 Å². The largest absolute Gasteiger partial charge is 0.310 e. The third-order valence-corrected chi connectivity index (χ3v) is 12.3. The van der Waals surface area contributed by atoms with Gasteiger partial charge in [0, 0.05) is 23.8 Å². The van der Waals surface area contributed by atoms with Crippen LogP contribution in [0.15, 0.2) is 188 Å². The summed E-state index contributed by atoms with van der Waals surface area (Å²) in [6.45, 7) is 4.75. The van der Waals surface area contributed by atoms with Crippen LogP contribution in [-0.4, -0.2) is 0 Å². The monoisotopic (exact) mass is 693 g/mol. The molecule has 0 atom stereocenters. The minimum atomic E-state index is -0.468. The van der Waals surface area contributed by atoms with Crippen LogP contribution in [0.5, 0.6) is 0 Å². The molecule has 8 aromatic carbocycles. The van der Waals surface area contributed by atoms with Gasteiger partial charge >= 0.3 is 0 Å². The molecule has 0 saturated heterocycles. The van der Waals surface area contributed by atoms with E-state index in [0.717, 1.165) is 11.4 Å². The maximum absolute atomic E-state index is 2.53. The number of anilines is 3. The molecule has 0 unspecified atom stereocenters. The van der Waals surface area contributed by atoms with Crippen LogP contribution < -0.4 is 4.90 Å². The minimum absolute atomic E-state index is 0. The van der Waals surface area contributed by atoms with E-state index in [2.05, 4.69) is 207 Å². The predicted molar refractivity (Wildman–Crippen MR) is 229 cm³/mol. The molecule has 0 bridgehead atoms. The van der Waals surface area contributed by atoms with Crippen molar-refractivity contribution >= 4 is 17.1 Å². The van der Waals surface area contributed by atoms with E-state index in [0.29, 0.717) is 0 Å². The number of benzene rings is 8. The first-order chi connectivity index (χ1) is 26.1. The first-order valence-electron chi connectivity index (χ1n) is 18.7. The van der Waals surface area contributed by atoms with E-state index < -0.39 is 5.41 Å². The maximum atomic E-state index is 2.53. The number of fused-ring (bicyclic) bond motifs is 13. The molecule has 0 radical (unpaired) electrons. The average molecular weight is 694 g/mol. The Morgan fingerprint density at radius 2 is 0.815 bits per heavy atom. The first kappa shape index (κ1) is 32.2. The molecular formula is C53H43N. The van der Waals surface area contributed by atoms with Crippen molar-refractivity contribution in [3.05, 3.63) is 221 Å². The summed E-state index contributed by atoms with van der Waals surface area (Å²) >= 11 is 0. The summed E-state index contributed by atoms with van der Waals surface area (Å²) in [5, 5.41) is 0. The normalized spacial score (nSPS) is 14.3. The highest BCUT2D eigenvalue weighted by molar-refractivity contribution is 6.00. The van der Waals surface area contributed by atoms with Gasteiger partial charge in [0.1, 0.15) is 0 Å². The van der Waals surface area contributed by atoms with Crippen LogP contribution in [0.2, 0.25) is 0 Å². The Bertz CT molecular complexity index is 2700. The van der Waals surface area contributed by atoms with Gasteiger partial charge in [-0.15, -0.1) is 0 Å². The average Bonchev–Trinajstić information content (AvgIpc) is 3.78. The summed E-state index contributed by atoms with van der Waals surface area (Å²) in [6.07, 6.45) is 0. The molecule has 260 valence electrons. The van der Waals surface area contributed by atoms with Crippen molar-refractivity contribution in [3.8, 4) is 44.5 Å². The molecule has 0 aromatic heterocycles. The zero-order chi connectivity index (χ0) is 35.3. The molecule has 3 aliphatic rings. The van der Waals surface area contributed by atoms with Gasteiger partial charge in [0.15, 0.2) is 0 Å². The third kappa shape index (κ3) is 4.21. The lowest BCUT2D eigenvalue weighted by atomic mass is 9.70. The maximum Gasteiger partial charge on any atom is 0.0746 e. The molecule has 1 spiro atoms. The fourth-order valence-corrected chi connectivity index (χ4v) is 10.0. The van der Waals surface area contributed by atoms with E-state index in [1.54, 1.807) is 0 Å². The Morgan fingerprint density at radius 3 is 1.43 bits per heavy atom. The summed E-state index contributed by atoms with van der Waals surface area (Å²) < 4.78 is 0. The lowest BCUT2D eigenvalue weighted by molar-refractivity contribution is 0.660. The highest BCUT2D eigenvalue weighted by atomic mass is 15.1. The van der Waals surface area contributed by atoms with Crippen LogP contribution >= 0.6 is 0 Å². The van der Waals surface area contributed by atoms with Crippen molar-refractivity contribution < 1.29 is 1.43 Å². The van der Waals surface area contributed by atoms with Crippen molar-refractivity contribution in [2.75, 3.05) is 4.90 Å². The van der Waals surface area contributed by atoms with Gasteiger partial charge in [-0.1, -0.05) is 179 Å². The quantitative estimate of drug-likeness (QED) is 0.177. The third-order valence-electron chi connectivity index (χ3n) is 12.3. The Labute approximate surface area is 320 Å². The summed E-state index contributed by atoms with van der Waals surface area (Å²) in [4.78, 5) is 2.53. The fraction of sp³-hybridized carbons (Fsp3) is 0.0943. The lowest BCUT2D eigenvalue weighted by Gasteiger charge is -2.36. The molecule has 54 heavy (non-hydrogen) atoms. The zero-order valence-corrected chi connectivity index (χ0v) is 29.8. The van der Waals surface area contributed by atoms with Crippen molar-refractivity contribution in [3.63, 3.8) is 0 Å². The van der Waals surface area contributed by atoms with Gasteiger partial charge in [-0.25, -0.2) is 0 Å². The summed E-state index contributed by atoms with van der Waals surface area (Å²) in [5.74, 6) is 0. The van der Waals surface area contributed by atoms with Gasteiger partial charge in [0.2, 0.25) is 0 Å². The standard InChI is InChI=1S/C52H37N.CH4.H2/c1-51(2)44-22-10-6-17-38(44)42-32-31-37(33-48(42)51)53(36-29-27-35(28-30-36)34-15-4-3-5-16-34)49-26-14-21-43-41-20-9-13-25-47(41)52(50(43)49)45-23-11-7-18-39(45)40-19-8-12-24-46(40)52;;/h3-33H,1-2H3;1H4;1H.